The van der Waals surface area contributed by atoms with Crippen molar-refractivity contribution in [2.75, 3.05) is 0 Å². The number of hydrogen-bond donors (Lipinski definition) is 0. The SMILES string of the molecule is Cc1cc(S(=O)(=O)N(C2CC2)[C@@H](C)c2cccc(C(F)(F)F)c2)cnc1Cl. The predicted molar refractivity (Wildman–Crippen MR) is 95.9 cm³/mol. The Bertz CT molecular complexity index is 959. The van der Waals surface area contributed by atoms with Crippen LogP contribution in [0.4, 0.5) is 13.2 Å². The first-order chi connectivity index (χ1) is 12.5. The summed E-state index contributed by atoms with van der Waals surface area (Å²) in [5, 5.41) is 0.206. The van der Waals surface area contributed by atoms with Crippen molar-refractivity contribution in [1.29, 1.82) is 0 Å². The second-order valence-corrected chi connectivity index (χ2v) is 8.85. The minimum absolute atomic E-state index is 0.0184. The van der Waals surface area contributed by atoms with Crippen LogP contribution in [0.1, 0.15) is 42.5 Å². The topological polar surface area (TPSA) is 50.3 Å². The Balaban J connectivity index is 2.02. The molecule has 1 heterocycles. The van der Waals surface area contributed by atoms with Gasteiger partial charge in [0.1, 0.15) is 10.0 Å². The van der Waals surface area contributed by atoms with E-state index in [9.17, 15) is 21.6 Å². The highest BCUT2D eigenvalue weighted by Gasteiger charge is 2.42. The first kappa shape index (κ1) is 20.1. The summed E-state index contributed by atoms with van der Waals surface area (Å²) in [6.07, 6.45) is -1.97. The Labute approximate surface area is 161 Å². The first-order valence-electron chi connectivity index (χ1n) is 8.34. The molecular weight excluding hydrogens is 401 g/mol. The molecule has 0 radical (unpaired) electrons. The van der Waals surface area contributed by atoms with E-state index in [0.29, 0.717) is 24.0 Å². The monoisotopic (exact) mass is 418 g/mol. The summed E-state index contributed by atoms with van der Waals surface area (Å²) in [5.41, 5.74) is 0.00292. The summed E-state index contributed by atoms with van der Waals surface area (Å²) in [5.74, 6) is 0. The molecule has 0 amide bonds. The molecule has 1 aromatic carbocycles. The van der Waals surface area contributed by atoms with E-state index in [1.54, 1.807) is 13.8 Å². The van der Waals surface area contributed by atoms with E-state index < -0.39 is 27.8 Å². The maximum atomic E-state index is 13.2. The summed E-state index contributed by atoms with van der Waals surface area (Å²) in [6, 6.07) is 5.21. The molecule has 0 unspecified atom stereocenters. The molecule has 1 fully saturated rings. The van der Waals surface area contributed by atoms with Crippen LogP contribution in [-0.4, -0.2) is 23.7 Å². The van der Waals surface area contributed by atoms with Crippen LogP contribution in [-0.2, 0) is 16.2 Å². The second kappa shape index (κ2) is 7.07. The van der Waals surface area contributed by atoms with Gasteiger partial charge in [-0.25, -0.2) is 13.4 Å². The molecule has 1 aliphatic carbocycles. The number of pyridine rings is 1. The number of nitrogens with zero attached hydrogens (tertiary/aromatic N) is 2. The number of aryl methyl sites for hydroxylation is 1. The van der Waals surface area contributed by atoms with Gasteiger partial charge in [-0.15, -0.1) is 0 Å². The molecule has 3 rings (SSSR count). The average molecular weight is 419 g/mol. The fourth-order valence-electron chi connectivity index (χ4n) is 2.97. The number of rotatable bonds is 5. The van der Waals surface area contributed by atoms with Gasteiger partial charge in [-0.3, -0.25) is 0 Å². The molecule has 1 atom stereocenters. The van der Waals surface area contributed by atoms with Gasteiger partial charge in [0.05, 0.1) is 5.56 Å². The molecule has 0 saturated heterocycles. The molecule has 27 heavy (non-hydrogen) atoms. The Kier molecular flexibility index (Phi) is 5.26. The molecule has 1 aromatic heterocycles. The largest absolute Gasteiger partial charge is 0.416 e. The third-order valence-electron chi connectivity index (χ3n) is 4.55. The number of alkyl halides is 3. The smallest absolute Gasteiger partial charge is 0.243 e. The quantitative estimate of drug-likeness (QED) is 0.644. The molecule has 1 aliphatic rings. The Morgan fingerprint density at radius 3 is 2.48 bits per heavy atom. The lowest BCUT2D eigenvalue weighted by Crippen LogP contribution is -2.35. The first-order valence-corrected chi connectivity index (χ1v) is 10.2. The molecule has 146 valence electrons. The molecule has 0 aliphatic heterocycles. The minimum atomic E-state index is -4.49. The van der Waals surface area contributed by atoms with Gasteiger partial charge in [0, 0.05) is 18.3 Å². The second-order valence-electron chi connectivity index (χ2n) is 6.64. The van der Waals surface area contributed by atoms with E-state index >= 15 is 0 Å². The van der Waals surface area contributed by atoms with Gasteiger partial charge < -0.3 is 0 Å². The van der Waals surface area contributed by atoms with Gasteiger partial charge >= 0.3 is 6.18 Å². The summed E-state index contributed by atoms with van der Waals surface area (Å²) in [6.45, 7) is 3.24. The van der Waals surface area contributed by atoms with Crippen molar-refractivity contribution in [2.24, 2.45) is 0 Å². The van der Waals surface area contributed by atoms with Crippen LogP contribution in [0.3, 0.4) is 0 Å². The molecule has 2 aromatic rings. The Hall–Kier alpha value is -1.64. The zero-order chi connectivity index (χ0) is 20.0. The van der Waals surface area contributed by atoms with Crippen molar-refractivity contribution >= 4 is 21.6 Å². The van der Waals surface area contributed by atoms with Crippen LogP contribution in [0.25, 0.3) is 0 Å². The summed E-state index contributed by atoms with van der Waals surface area (Å²) < 4.78 is 66.8. The zero-order valence-electron chi connectivity index (χ0n) is 14.7. The number of halogens is 4. The van der Waals surface area contributed by atoms with Gasteiger partial charge in [-0.1, -0.05) is 23.7 Å². The number of benzene rings is 1. The maximum Gasteiger partial charge on any atom is 0.416 e. The van der Waals surface area contributed by atoms with Crippen LogP contribution >= 0.6 is 11.6 Å². The number of hydrogen-bond acceptors (Lipinski definition) is 3. The van der Waals surface area contributed by atoms with Crippen molar-refractivity contribution < 1.29 is 21.6 Å². The highest BCUT2D eigenvalue weighted by molar-refractivity contribution is 7.89. The summed E-state index contributed by atoms with van der Waals surface area (Å²) in [7, 11) is -3.94. The lowest BCUT2D eigenvalue weighted by atomic mass is 10.0. The van der Waals surface area contributed by atoms with Crippen molar-refractivity contribution in [1.82, 2.24) is 9.29 Å². The lowest BCUT2D eigenvalue weighted by molar-refractivity contribution is -0.137. The number of sulfonamides is 1. The van der Waals surface area contributed by atoms with Crippen LogP contribution < -0.4 is 0 Å². The Morgan fingerprint density at radius 2 is 1.93 bits per heavy atom. The fourth-order valence-corrected chi connectivity index (χ4v) is 4.97. The van der Waals surface area contributed by atoms with Crippen molar-refractivity contribution in [2.45, 2.75) is 49.8 Å². The molecule has 0 N–H and O–H groups in total. The highest BCUT2D eigenvalue weighted by Crippen LogP contribution is 2.40. The van der Waals surface area contributed by atoms with E-state index in [4.69, 9.17) is 11.6 Å². The van der Waals surface area contributed by atoms with E-state index in [0.717, 1.165) is 12.1 Å². The molecule has 0 spiro atoms. The molecule has 0 bridgehead atoms. The van der Waals surface area contributed by atoms with Gasteiger partial charge in [0.15, 0.2) is 0 Å². The van der Waals surface area contributed by atoms with Crippen LogP contribution in [0, 0.1) is 6.92 Å². The van der Waals surface area contributed by atoms with Crippen molar-refractivity contribution in [3.8, 4) is 0 Å². The van der Waals surface area contributed by atoms with Crippen molar-refractivity contribution in [3.05, 3.63) is 58.4 Å². The average Bonchev–Trinajstić information content (AvgIpc) is 3.41. The molecule has 4 nitrogen and oxygen atoms in total. The maximum absolute atomic E-state index is 13.2. The summed E-state index contributed by atoms with van der Waals surface area (Å²) >= 11 is 5.88. The van der Waals surface area contributed by atoms with Gasteiger partial charge in [0.25, 0.3) is 0 Å². The predicted octanol–water partition coefficient (Wildman–Crippen LogP) is 4.98. The van der Waals surface area contributed by atoms with Crippen LogP contribution in [0.5, 0.6) is 0 Å². The third-order valence-corrected chi connectivity index (χ3v) is 6.93. The van der Waals surface area contributed by atoms with Gasteiger partial charge in [-0.05, 0) is 56.0 Å². The Morgan fingerprint density at radius 1 is 1.26 bits per heavy atom. The van der Waals surface area contributed by atoms with Crippen LogP contribution in [0.15, 0.2) is 41.4 Å². The normalized spacial score (nSPS) is 16.6. The third kappa shape index (κ3) is 4.12. The van der Waals surface area contributed by atoms with E-state index in [1.165, 1.54) is 28.7 Å². The van der Waals surface area contributed by atoms with E-state index in [-0.39, 0.29) is 16.1 Å². The van der Waals surface area contributed by atoms with Crippen molar-refractivity contribution in [3.63, 3.8) is 0 Å². The number of aromatic nitrogens is 1. The van der Waals surface area contributed by atoms with E-state index in [2.05, 4.69) is 4.98 Å². The molecule has 1 saturated carbocycles. The minimum Gasteiger partial charge on any atom is -0.243 e. The zero-order valence-corrected chi connectivity index (χ0v) is 16.2. The van der Waals surface area contributed by atoms with Crippen LogP contribution in [0.2, 0.25) is 5.15 Å². The highest BCUT2D eigenvalue weighted by atomic mass is 35.5. The fraction of sp³-hybridized carbons (Fsp3) is 0.389. The standard InChI is InChI=1S/C18H18ClF3N2O2S/c1-11-8-16(10-23-17(11)19)27(25,26)24(15-6-7-15)12(2)13-4-3-5-14(9-13)18(20,21)22/h3-5,8-10,12,15H,6-7H2,1-2H3/t12-/m0/s1. The van der Waals surface area contributed by atoms with Gasteiger partial charge in [0.2, 0.25) is 10.0 Å². The summed E-state index contributed by atoms with van der Waals surface area (Å²) in [4.78, 5) is 3.88. The molecular formula is C18H18ClF3N2O2S. The lowest BCUT2D eigenvalue weighted by Gasteiger charge is -2.29. The van der Waals surface area contributed by atoms with Gasteiger partial charge in [-0.2, -0.15) is 17.5 Å². The van der Waals surface area contributed by atoms with E-state index in [1.807, 2.05) is 0 Å². The molecule has 9 heteroatoms.